The average molecular weight is 233 g/mol. The highest BCUT2D eigenvalue weighted by atomic mass is 19.1. The van der Waals surface area contributed by atoms with Gasteiger partial charge in [-0.3, -0.25) is 0 Å². The number of hydrogen-bond donors (Lipinski definition) is 1. The van der Waals surface area contributed by atoms with E-state index >= 15 is 0 Å². The van der Waals surface area contributed by atoms with Gasteiger partial charge >= 0.3 is 0 Å². The van der Waals surface area contributed by atoms with Gasteiger partial charge in [0.2, 0.25) is 0 Å². The summed E-state index contributed by atoms with van der Waals surface area (Å²) in [4.78, 5) is 0. The Bertz CT molecular complexity index is 384. The first-order valence-electron chi connectivity index (χ1n) is 6.27. The normalized spacial score (nSPS) is 23.0. The van der Waals surface area contributed by atoms with Gasteiger partial charge in [0.25, 0.3) is 0 Å². The number of halogens is 1. The van der Waals surface area contributed by atoms with E-state index in [0.717, 1.165) is 6.54 Å². The molecule has 0 heterocycles. The summed E-state index contributed by atoms with van der Waals surface area (Å²) in [6, 6.07) is 7.55. The van der Waals surface area contributed by atoms with Crippen LogP contribution in [0.5, 0.6) is 0 Å². The molecular weight excluding hydrogens is 213 g/mol. The molecule has 0 aromatic heterocycles. The highest BCUT2D eigenvalue weighted by Gasteiger charge is 2.29. The number of rotatable bonds is 4. The lowest BCUT2D eigenvalue weighted by Gasteiger charge is -2.36. The zero-order valence-electron chi connectivity index (χ0n) is 10.5. The van der Waals surface area contributed by atoms with Crippen molar-refractivity contribution in [2.75, 3.05) is 6.54 Å². The molecule has 2 rings (SSSR count). The maximum Gasteiger partial charge on any atom is 0.123 e. The van der Waals surface area contributed by atoms with Gasteiger partial charge in [-0.2, -0.15) is 0 Å². The van der Waals surface area contributed by atoms with Gasteiger partial charge in [-0.1, -0.05) is 23.8 Å². The van der Waals surface area contributed by atoms with E-state index in [1.54, 1.807) is 12.1 Å². The van der Waals surface area contributed by atoms with E-state index in [-0.39, 0.29) is 5.82 Å². The Labute approximate surface area is 103 Å². The molecule has 0 atom stereocenters. The summed E-state index contributed by atoms with van der Waals surface area (Å²) >= 11 is 0. The summed E-state index contributed by atoms with van der Waals surface area (Å²) in [5.74, 6) is 0.464. The Morgan fingerprint density at radius 2 is 1.94 bits per heavy atom. The van der Waals surface area contributed by atoms with Crippen molar-refractivity contribution in [2.24, 2.45) is 0 Å². The molecule has 1 fully saturated rings. The largest absolute Gasteiger partial charge is 0.310 e. The van der Waals surface area contributed by atoms with E-state index in [2.05, 4.69) is 25.2 Å². The molecule has 1 aromatic carbocycles. The molecule has 1 N–H and O–H groups in total. The van der Waals surface area contributed by atoms with Gasteiger partial charge < -0.3 is 5.32 Å². The topological polar surface area (TPSA) is 12.0 Å². The van der Waals surface area contributed by atoms with E-state index in [9.17, 15) is 4.39 Å². The van der Waals surface area contributed by atoms with Gasteiger partial charge in [0.05, 0.1) is 0 Å². The van der Waals surface area contributed by atoms with Gasteiger partial charge in [-0.05, 0) is 50.3 Å². The number of hydrogen-bond acceptors (Lipinski definition) is 1. The quantitative estimate of drug-likeness (QED) is 0.783. The molecule has 0 aliphatic heterocycles. The molecule has 1 aliphatic carbocycles. The third-order valence-corrected chi connectivity index (χ3v) is 3.40. The Kier molecular flexibility index (Phi) is 3.95. The summed E-state index contributed by atoms with van der Waals surface area (Å²) in [6.45, 7) is 5.19. The van der Waals surface area contributed by atoms with Crippen molar-refractivity contribution in [2.45, 2.75) is 38.6 Å². The van der Waals surface area contributed by atoms with E-state index in [0.29, 0.717) is 12.0 Å². The summed E-state index contributed by atoms with van der Waals surface area (Å²) in [5.41, 5.74) is 2.62. The van der Waals surface area contributed by atoms with Gasteiger partial charge in [0, 0.05) is 12.6 Å². The molecule has 92 valence electrons. The minimum Gasteiger partial charge on any atom is -0.310 e. The predicted octanol–water partition coefficient (Wildman–Crippen LogP) is 3.63. The molecule has 0 saturated heterocycles. The molecule has 1 aliphatic rings. The molecule has 0 bridgehead atoms. The third-order valence-electron chi connectivity index (χ3n) is 3.40. The molecule has 1 aromatic rings. The van der Waals surface area contributed by atoms with Crippen molar-refractivity contribution in [1.29, 1.82) is 0 Å². The van der Waals surface area contributed by atoms with E-state index in [1.165, 1.54) is 24.0 Å². The van der Waals surface area contributed by atoms with Crippen molar-refractivity contribution in [1.82, 2.24) is 5.32 Å². The van der Waals surface area contributed by atoms with Crippen LogP contribution in [-0.4, -0.2) is 12.6 Å². The van der Waals surface area contributed by atoms with Crippen LogP contribution < -0.4 is 5.32 Å². The first-order chi connectivity index (χ1) is 8.15. The minimum absolute atomic E-state index is 0.147. The smallest absolute Gasteiger partial charge is 0.123 e. The minimum atomic E-state index is -0.147. The highest BCUT2D eigenvalue weighted by Crippen LogP contribution is 2.36. The Hall–Kier alpha value is -1.15. The SMILES string of the molecule is CC(C)=CCNC1CC(c2ccc(F)cc2)C1. The first-order valence-corrected chi connectivity index (χ1v) is 6.27. The van der Waals surface area contributed by atoms with E-state index < -0.39 is 0 Å². The summed E-state index contributed by atoms with van der Waals surface area (Å²) in [5, 5.41) is 3.51. The van der Waals surface area contributed by atoms with E-state index in [4.69, 9.17) is 0 Å². The fraction of sp³-hybridized carbons (Fsp3) is 0.467. The fourth-order valence-electron chi connectivity index (χ4n) is 2.22. The molecule has 1 saturated carbocycles. The second kappa shape index (κ2) is 5.46. The molecule has 1 nitrogen and oxygen atoms in total. The van der Waals surface area contributed by atoms with Crippen LogP contribution in [0.2, 0.25) is 0 Å². The number of allylic oxidation sites excluding steroid dienone is 1. The molecule has 0 spiro atoms. The molecule has 17 heavy (non-hydrogen) atoms. The second-order valence-corrected chi connectivity index (χ2v) is 5.11. The molecule has 2 heteroatoms. The summed E-state index contributed by atoms with van der Waals surface area (Å²) < 4.78 is 12.8. The van der Waals surface area contributed by atoms with Crippen LogP contribution in [0.1, 0.15) is 38.2 Å². The summed E-state index contributed by atoms with van der Waals surface area (Å²) in [7, 11) is 0. The summed E-state index contributed by atoms with van der Waals surface area (Å²) in [6.07, 6.45) is 4.55. The van der Waals surface area contributed by atoms with Crippen molar-refractivity contribution in [3.63, 3.8) is 0 Å². The second-order valence-electron chi connectivity index (χ2n) is 5.11. The maximum atomic E-state index is 12.8. The average Bonchev–Trinajstić information content (AvgIpc) is 2.23. The molecule has 0 unspecified atom stereocenters. The lowest BCUT2D eigenvalue weighted by Crippen LogP contribution is -2.40. The van der Waals surface area contributed by atoms with Crippen LogP contribution in [0.15, 0.2) is 35.9 Å². The van der Waals surface area contributed by atoms with Gasteiger partial charge in [-0.15, -0.1) is 0 Å². The zero-order valence-corrected chi connectivity index (χ0v) is 10.5. The Balaban J connectivity index is 1.75. The van der Waals surface area contributed by atoms with Crippen molar-refractivity contribution in [3.05, 3.63) is 47.3 Å². The van der Waals surface area contributed by atoms with Crippen molar-refractivity contribution < 1.29 is 4.39 Å². The number of nitrogens with one attached hydrogen (secondary N) is 1. The third kappa shape index (κ3) is 3.40. The molecule has 0 radical (unpaired) electrons. The maximum absolute atomic E-state index is 12.8. The first kappa shape index (κ1) is 12.3. The van der Waals surface area contributed by atoms with Crippen molar-refractivity contribution >= 4 is 0 Å². The van der Waals surface area contributed by atoms with Gasteiger partial charge in [0.1, 0.15) is 5.82 Å². The van der Waals surface area contributed by atoms with Crippen molar-refractivity contribution in [3.8, 4) is 0 Å². The predicted molar refractivity (Wildman–Crippen MR) is 69.6 cm³/mol. The van der Waals surface area contributed by atoms with Gasteiger partial charge in [-0.25, -0.2) is 4.39 Å². The van der Waals surface area contributed by atoms with Crippen LogP contribution in [0.4, 0.5) is 4.39 Å². The van der Waals surface area contributed by atoms with Crippen LogP contribution >= 0.6 is 0 Å². The van der Waals surface area contributed by atoms with Crippen LogP contribution in [0, 0.1) is 5.82 Å². The molecule has 0 amide bonds. The zero-order chi connectivity index (χ0) is 12.3. The fourth-order valence-corrected chi connectivity index (χ4v) is 2.22. The Morgan fingerprint density at radius 1 is 1.29 bits per heavy atom. The van der Waals surface area contributed by atoms with E-state index in [1.807, 2.05) is 12.1 Å². The van der Waals surface area contributed by atoms with Gasteiger partial charge in [0.15, 0.2) is 0 Å². The Morgan fingerprint density at radius 3 is 2.53 bits per heavy atom. The van der Waals surface area contributed by atoms with Crippen LogP contribution in [-0.2, 0) is 0 Å². The number of benzene rings is 1. The van der Waals surface area contributed by atoms with Crippen LogP contribution in [0.3, 0.4) is 0 Å². The lowest BCUT2D eigenvalue weighted by molar-refractivity contribution is 0.299. The standard InChI is InChI=1S/C15H20FN/c1-11(2)7-8-17-15-9-13(10-15)12-3-5-14(16)6-4-12/h3-7,13,15,17H,8-10H2,1-2H3. The highest BCUT2D eigenvalue weighted by molar-refractivity contribution is 5.23. The monoisotopic (exact) mass is 233 g/mol. The lowest BCUT2D eigenvalue weighted by atomic mass is 9.76. The van der Waals surface area contributed by atoms with Crippen LogP contribution in [0.25, 0.3) is 0 Å². The molecular formula is C15H20FN.